The normalized spacial score (nSPS) is 22.2. The summed E-state index contributed by atoms with van der Waals surface area (Å²) in [6.07, 6.45) is 4.03. The first-order chi connectivity index (χ1) is 13.8. The van der Waals surface area contributed by atoms with Gasteiger partial charge in [0, 0.05) is 35.2 Å². The number of H-pyrrole nitrogens is 1. The molecule has 3 heterocycles. The van der Waals surface area contributed by atoms with E-state index in [1.807, 2.05) is 6.07 Å². The summed E-state index contributed by atoms with van der Waals surface area (Å²) < 4.78 is 7.05. The molecule has 4 rings (SSSR count). The lowest BCUT2D eigenvalue weighted by molar-refractivity contribution is 0.0915. The lowest BCUT2D eigenvalue weighted by atomic mass is 9.90. The van der Waals surface area contributed by atoms with Crippen LogP contribution in [0.3, 0.4) is 0 Å². The molecule has 156 valence electrons. The van der Waals surface area contributed by atoms with Crippen molar-refractivity contribution < 1.29 is 9.53 Å². The first-order valence-corrected chi connectivity index (χ1v) is 10.4. The van der Waals surface area contributed by atoms with Crippen LogP contribution in [0.5, 0.6) is 0 Å². The molecule has 1 aliphatic heterocycles. The molecular formula is C21H29N5O3. The van der Waals surface area contributed by atoms with Crippen LogP contribution in [0, 0.1) is 0 Å². The molecule has 1 amide bonds. The van der Waals surface area contributed by atoms with Crippen LogP contribution in [0.25, 0.3) is 0 Å². The quantitative estimate of drug-likeness (QED) is 0.824. The maximum absolute atomic E-state index is 12.5. The van der Waals surface area contributed by atoms with E-state index in [9.17, 15) is 9.59 Å². The Hall–Kier alpha value is -2.48. The Morgan fingerprint density at radius 1 is 1.24 bits per heavy atom. The van der Waals surface area contributed by atoms with Gasteiger partial charge in [-0.25, -0.2) is 4.68 Å². The highest BCUT2D eigenvalue weighted by Crippen LogP contribution is 2.28. The monoisotopic (exact) mass is 399 g/mol. The van der Waals surface area contributed by atoms with Crippen molar-refractivity contribution in [2.45, 2.75) is 77.0 Å². The Balaban J connectivity index is 1.37. The van der Waals surface area contributed by atoms with E-state index < -0.39 is 0 Å². The first-order valence-electron chi connectivity index (χ1n) is 10.4. The van der Waals surface area contributed by atoms with E-state index in [4.69, 9.17) is 4.74 Å². The number of aromatic amines is 1. The van der Waals surface area contributed by atoms with Gasteiger partial charge in [-0.1, -0.05) is 20.8 Å². The van der Waals surface area contributed by atoms with Crippen LogP contribution in [0.4, 0.5) is 0 Å². The number of nitrogens with one attached hydrogen (secondary N) is 2. The molecule has 0 bridgehead atoms. The minimum atomic E-state index is -0.149. The van der Waals surface area contributed by atoms with Crippen LogP contribution in [-0.4, -0.2) is 38.5 Å². The molecule has 0 atom stereocenters. The van der Waals surface area contributed by atoms with E-state index in [0.29, 0.717) is 18.9 Å². The molecule has 2 aromatic rings. The number of aromatic nitrogens is 4. The maximum Gasteiger partial charge on any atom is 0.271 e. The van der Waals surface area contributed by atoms with E-state index in [-0.39, 0.29) is 29.0 Å². The van der Waals surface area contributed by atoms with E-state index in [2.05, 4.69) is 41.4 Å². The summed E-state index contributed by atoms with van der Waals surface area (Å²) in [5, 5.41) is 14.8. The zero-order chi connectivity index (χ0) is 20.6. The van der Waals surface area contributed by atoms with Gasteiger partial charge in [-0.15, -0.1) is 0 Å². The SMILES string of the molecule is CC(C)(C)c1cc(C(=O)NC2CCC(n3nc4c(cc3=O)COCC4)CC2)n[nH]1. The van der Waals surface area contributed by atoms with Crippen molar-refractivity contribution in [3.05, 3.63) is 45.1 Å². The predicted molar refractivity (Wildman–Crippen MR) is 108 cm³/mol. The predicted octanol–water partition coefficient (Wildman–Crippen LogP) is 2.25. The minimum Gasteiger partial charge on any atom is -0.376 e. The highest BCUT2D eigenvalue weighted by molar-refractivity contribution is 5.92. The number of amides is 1. The van der Waals surface area contributed by atoms with Gasteiger partial charge in [-0.05, 0) is 31.7 Å². The van der Waals surface area contributed by atoms with Crippen molar-refractivity contribution >= 4 is 5.91 Å². The van der Waals surface area contributed by atoms with Gasteiger partial charge in [0.25, 0.3) is 11.5 Å². The molecule has 0 aromatic carbocycles. The highest BCUT2D eigenvalue weighted by Gasteiger charge is 2.27. The summed E-state index contributed by atoms with van der Waals surface area (Å²) >= 11 is 0. The molecule has 2 aromatic heterocycles. The first kappa shape index (κ1) is 19.8. The van der Waals surface area contributed by atoms with Gasteiger partial charge in [-0.3, -0.25) is 14.7 Å². The van der Waals surface area contributed by atoms with E-state index in [1.165, 1.54) is 0 Å². The van der Waals surface area contributed by atoms with Crippen molar-refractivity contribution in [1.29, 1.82) is 0 Å². The van der Waals surface area contributed by atoms with Crippen molar-refractivity contribution in [2.24, 2.45) is 0 Å². The Morgan fingerprint density at radius 3 is 2.69 bits per heavy atom. The fraction of sp³-hybridized carbons (Fsp3) is 0.619. The summed E-state index contributed by atoms with van der Waals surface area (Å²) in [5.41, 5.74) is 3.10. The third-order valence-electron chi connectivity index (χ3n) is 5.86. The summed E-state index contributed by atoms with van der Waals surface area (Å²) in [7, 11) is 0. The van der Waals surface area contributed by atoms with Gasteiger partial charge < -0.3 is 10.1 Å². The molecular weight excluding hydrogens is 370 g/mol. The second kappa shape index (κ2) is 7.74. The van der Waals surface area contributed by atoms with Gasteiger partial charge in [0.15, 0.2) is 0 Å². The van der Waals surface area contributed by atoms with Crippen LogP contribution in [-0.2, 0) is 23.2 Å². The second-order valence-electron chi connectivity index (χ2n) is 9.10. The Labute approximate surface area is 170 Å². The molecule has 0 spiro atoms. The Morgan fingerprint density at radius 2 is 2.00 bits per heavy atom. The van der Waals surface area contributed by atoms with Crippen LogP contribution in [0.15, 0.2) is 16.9 Å². The standard InChI is InChI=1S/C21H29N5O3/c1-21(2,3)18-11-17(23-24-18)20(28)22-14-4-6-15(7-5-14)26-19(27)10-13-12-29-9-8-16(13)25-26/h10-11,14-15H,4-9,12H2,1-3H3,(H,22,28)(H,23,24). The fourth-order valence-electron chi connectivity index (χ4n) is 4.04. The number of carbonyl (C=O) groups is 1. The lowest BCUT2D eigenvalue weighted by Gasteiger charge is -2.30. The smallest absolute Gasteiger partial charge is 0.271 e. The molecule has 8 heteroatoms. The van der Waals surface area contributed by atoms with Crippen molar-refractivity contribution in [3.63, 3.8) is 0 Å². The van der Waals surface area contributed by atoms with Gasteiger partial charge in [-0.2, -0.15) is 10.2 Å². The van der Waals surface area contributed by atoms with Crippen LogP contribution in [0.1, 0.15) is 79.9 Å². The molecule has 2 aliphatic rings. The number of hydrogen-bond acceptors (Lipinski definition) is 5. The molecule has 0 unspecified atom stereocenters. The van der Waals surface area contributed by atoms with Gasteiger partial charge in [0.2, 0.25) is 0 Å². The van der Waals surface area contributed by atoms with Crippen molar-refractivity contribution in [1.82, 2.24) is 25.3 Å². The molecule has 0 radical (unpaired) electrons. The molecule has 0 saturated heterocycles. The van der Waals surface area contributed by atoms with Crippen molar-refractivity contribution in [2.75, 3.05) is 6.61 Å². The zero-order valence-corrected chi connectivity index (χ0v) is 17.3. The van der Waals surface area contributed by atoms with Crippen molar-refractivity contribution in [3.8, 4) is 0 Å². The average Bonchev–Trinajstić information content (AvgIpc) is 3.19. The molecule has 1 saturated carbocycles. The molecule has 2 N–H and O–H groups in total. The van der Waals surface area contributed by atoms with E-state index in [1.54, 1.807) is 10.7 Å². The van der Waals surface area contributed by atoms with Gasteiger partial charge in [0.1, 0.15) is 5.69 Å². The highest BCUT2D eigenvalue weighted by atomic mass is 16.5. The fourth-order valence-corrected chi connectivity index (χ4v) is 4.04. The number of hydrogen-bond donors (Lipinski definition) is 2. The number of ether oxygens (including phenoxy) is 1. The summed E-state index contributed by atoms with van der Waals surface area (Å²) in [6.45, 7) is 7.36. The lowest BCUT2D eigenvalue weighted by Crippen LogP contribution is -2.40. The van der Waals surface area contributed by atoms with E-state index >= 15 is 0 Å². The minimum absolute atomic E-state index is 0.0621. The number of nitrogens with zero attached hydrogens (tertiary/aromatic N) is 3. The number of rotatable bonds is 3. The molecule has 29 heavy (non-hydrogen) atoms. The van der Waals surface area contributed by atoms with Crippen LogP contribution in [0.2, 0.25) is 0 Å². The number of fused-ring (bicyclic) bond motifs is 1. The second-order valence-corrected chi connectivity index (χ2v) is 9.10. The van der Waals surface area contributed by atoms with Crippen LogP contribution < -0.4 is 10.9 Å². The Kier molecular flexibility index (Phi) is 5.29. The van der Waals surface area contributed by atoms with Gasteiger partial charge in [0.05, 0.1) is 24.9 Å². The molecule has 1 fully saturated rings. The summed E-state index contributed by atoms with van der Waals surface area (Å²) in [6, 6.07) is 3.66. The average molecular weight is 399 g/mol. The summed E-state index contributed by atoms with van der Waals surface area (Å²) in [5.74, 6) is -0.149. The van der Waals surface area contributed by atoms with E-state index in [0.717, 1.165) is 49.1 Å². The molecule has 8 nitrogen and oxygen atoms in total. The van der Waals surface area contributed by atoms with Gasteiger partial charge >= 0.3 is 0 Å². The third-order valence-corrected chi connectivity index (χ3v) is 5.86. The summed E-state index contributed by atoms with van der Waals surface area (Å²) in [4.78, 5) is 25.0. The maximum atomic E-state index is 12.5. The third kappa shape index (κ3) is 4.27. The zero-order valence-electron chi connectivity index (χ0n) is 17.3. The largest absolute Gasteiger partial charge is 0.376 e. The topological polar surface area (TPSA) is 102 Å². The molecule has 1 aliphatic carbocycles. The van der Waals surface area contributed by atoms with Crippen LogP contribution >= 0.6 is 0 Å². The number of carbonyl (C=O) groups excluding carboxylic acids is 1. The Bertz CT molecular complexity index is 948.